The summed E-state index contributed by atoms with van der Waals surface area (Å²) < 4.78 is 2.06. The lowest BCUT2D eigenvalue weighted by atomic mass is 10.4. The van der Waals surface area contributed by atoms with Gasteiger partial charge in [0.15, 0.2) is 0 Å². The lowest BCUT2D eigenvalue weighted by Crippen LogP contribution is -2.18. The van der Waals surface area contributed by atoms with Gasteiger partial charge in [0.1, 0.15) is 12.2 Å². The number of rotatable bonds is 8. The first kappa shape index (κ1) is 12.5. The van der Waals surface area contributed by atoms with Gasteiger partial charge in [-0.3, -0.25) is 0 Å². The molecule has 0 fully saturated rings. The van der Waals surface area contributed by atoms with Crippen LogP contribution in [-0.4, -0.2) is 32.8 Å². The maximum Gasteiger partial charge on any atom is 0.146 e. The molecule has 0 saturated heterocycles. The maximum absolute atomic E-state index is 4.07. The van der Waals surface area contributed by atoms with Gasteiger partial charge in [-0.15, -0.1) is 10.2 Å². The van der Waals surface area contributed by atoms with Crippen molar-refractivity contribution in [3.8, 4) is 0 Å². The average Bonchev–Trinajstić information content (AvgIpc) is 2.70. The van der Waals surface area contributed by atoms with Gasteiger partial charge in [-0.2, -0.15) is 11.8 Å². The molecule has 0 aliphatic heterocycles. The van der Waals surface area contributed by atoms with Gasteiger partial charge in [0.25, 0.3) is 0 Å². The highest BCUT2D eigenvalue weighted by atomic mass is 32.2. The Labute approximate surface area is 95.9 Å². The van der Waals surface area contributed by atoms with Crippen LogP contribution >= 0.6 is 11.8 Å². The highest BCUT2D eigenvalue weighted by Crippen LogP contribution is 2.00. The first-order valence-corrected chi connectivity index (χ1v) is 6.69. The predicted octanol–water partition coefficient (Wildman–Crippen LogP) is 1.53. The van der Waals surface area contributed by atoms with Crippen molar-refractivity contribution in [2.45, 2.75) is 33.4 Å². The molecule has 0 aliphatic carbocycles. The van der Waals surface area contributed by atoms with E-state index in [1.165, 1.54) is 17.9 Å². The molecule has 1 aromatic rings. The van der Waals surface area contributed by atoms with Crippen molar-refractivity contribution in [1.29, 1.82) is 0 Å². The molecule has 1 heterocycles. The molecule has 0 aliphatic rings. The zero-order chi connectivity index (χ0) is 10.9. The van der Waals surface area contributed by atoms with Crippen LogP contribution in [0.15, 0.2) is 6.33 Å². The van der Waals surface area contributed by atoms with Crippen LogP contribution < -0.4 is 5.32 Å². The molecular formula is C10H20N4S. The van der Waals surface area contributed by atoms with E-state index in [-0.39, 0.29) is 0 Å². The lowest BCUT2D eigenvalue weighted by Gasteiger charge is -2.05. The Morgan fingerprint density at radius 2 is 2.33 bits per heavy atom. The van der Waals surface area contributed by atoms with E-state index in [2.05, 4.69) is 33.9 Å². The van der Waals surface area contributed by atoms with E-state index >= 15 is 0 Å². The number of nitrogens with zero attached hydrogens (tertiary/aromatic N) is 3. The third-order valence-electron chi connectivity index (χ3n) is 2.17. The van der Waals surface area contributed by atoms with E-state index in [1.54, 1.807) is 6.33 Å². The third kappa shape index (κ3) is 4.66. The molecule has 86 valence electrons. The molecule has 0 unspecified atom stereocenters. The molecular weight excluding hydrogens is 208 g/mol. The van der Waals surface area contributed by atoms with E-state index < -0.39 is 0 Å². The monoisotopic (exact) mass is 228 g/mol. The van der Waals surface area contributed by atoms with Crippen LogP contribution in [0.25, 0.3) is 0 Å². The van der Waals surface area contributed by atoms with Crippen molar-refractivity contribution in [3.05, 3.63) is 12.2 Å². The maximum atomic E-state index is 4.07. The standard InChI is InChI=1S/C10H20N4S/c1-3-14-9-12-13-10(14)8-11-6-5-7-15-4-2/h9,11H,3-8H2,1-2H3. The minimum absolute atomic E-state index is 0.824. The van der Waals surface area contributed by atoms with Gasteiger partial charge in [0.05, 0.1) is 6.54 Å². The second kappa shape index (κ2) is 7.70. The van der Waals surface area contributed by atoms with Crippen molar-refractivity contribution in [3.63, 3.8) is 0 Å². The highest BCUT2D eigenvalue weighted by molar-refractivity contribution is 7.99. The van der Waals surface area contributed by atoms with Crippen LogP contribution in [0.3, 0.4) is 0 Å². The Morgan fingerprint density at radius 3 is 3.07 bits per heavy atom. The smallest absolute Gasteiger partial charge is 0.146 e. The summed E-state index contributed by atoms with van der Waals surface area (Å²) in [6.45, 7) is 7.12. The van der Waals surface area contributed by atoms with Gasteiger partial charge in [-0.25, -0.2) is 0 Å². The van der Waals surface area contributed by atoms with Crippen LogP contribution in [0, 0.1) is 0 Å². The Balaban J connectivity index is 2.09. The summed E-state index contributed by atoms with van der Waals surface area (Å²) in [7, 11) is 0. The van der Waals surface area contributed by atoms with Crippen LogP contribution in [0.2, 0.25) is 0 Å². The van der Waals surface area contributed by atoms with Gasteiger partial charge in [0.2, 0.25) is 0 Å². The fourth-order valence-electron chi connectivity index (χ4n) is 1.32. The number of aryl methyl sites for hydroxylation is 1. The van der Waals surface area contributed by atoms with E-state index in [0.717, 1.165) is 25.5 Å². The van der Waals surface area contributed by atoms with Crippen molar-refractivity contribution >= 4 is 11.8 Å². The Hall–Kier alpha value is -0.550. The van der Waals surface area contributed by atoms with Crippen molar-refractivity contribution in [2.24, 2.45) is 0 Å². The average molecular weight is 228 g/mol. The van der Waals surface area contributed by atoms with Crippen molar-refractivity contribution in [1.82, 2.24) is 20.1 Å². The summed E-state index contributed by atoms with van der Waals surface area (Å²) >= 11 is 1.99. The van der Waals surface area contributed by atoms with E-state index in [1.807, 2.05) is 11.8 Å². The first-order valence-electron chi connectivity index (χ1n) is 5.53. The Morgan fingerprint density at radius 1 is 1.47 bits per heavy atom. The van der Waals surface area contributed by atoms with Crippen LogP contribution in [0.1, 0.15) is 26.1 Å². The molecule has 0 amide bonds. The highest BCUT2D eigenvalue weighted by Gasteiger charge is 2.00. The molecule has 4 nitrogen and oxygen atoms in total. The van der Waals surface area contributed by atoms with E-state index in [4.69, 9.17) is 0 Å². The summed E-state index contributed by atoms with van der Waals surface area (Å²) in [6.07, 6.45) is 3.00. The van der Waals surface area contributed by atoms with E-state index in [0.29, 0.717) is 0 Å². The first-order chi connectivity index (χ1) is 7.38. The lowest BCUT2D eigenvalue weighted by molar-refractivity contribution is 0.609. The third-order valence-corrected chi connectivity index (χ3v) is 3.15. The molecule has 0 saturated carbocycles. The second-order valence-electron chi connectivity index (χ2n) is 3.26. The quantitative estimate of drug-likeness (QED) is 0.685. The Bertz CT molecular complexity index is 262. The summed E-state index contributed by atoms with van der Waals surface area (Å²) in [6, 6.07) is 0. The molecule has 15 heavy (non-hydrogen) atoms. The molecule has 1 N–H and O–H groups in total. The Kier molecular flexibility index (Phi) is 6.43. The zero-order valence-corrected chi connectivity index (χ0v) is 10.4. The molecule has 1 aromatic heterocycles. The summed E-state index contributed by atoms with van der Waals surface area (Å²) in [5.74, 6) is 3.48. The summed E-state index contributed by atoms with van der Waals surface area (Å²) in [5.41, 5.74) is 0. The van der Waals surface area contributed by atoms with Gasteiger partial charge in [-0.05, 0) is 31.4 Å². The van der Waals surface area contributed by atoms with Gasteiger partial charge in [-0.1, -0.05) is 6.92 Å². The topological polar surface area (TPSA) is 42.7 Å². The number of aromatic nitrogens is 3. The minimum atomic E-state index is 0.824. The molecule has 5 heteroatoms. The van der Waals surface area contributed by atoms with Gasteiger partial charge in [0, 0.05) is 6.54 Å². The van der Waals surface area contributed by atoms with E-state index in [9.17, 15) is 0 Å². The number of hydrogen-bond donors (Lipinski definition) is 1. The number of thioether (sulfide) groups is 1. The SMILES string of the molecule is CCSCCCNCc1nncn1CC. The molecule has 0 aromatic carbocycles. The molecule has 1 rings (SSSR count). The van der Waals surface area contributed by atoms with Crippen molar-refractivity contribution in [2.75, 3.05) is 18.1 Å². The van der Waals surface area contributed by atoms with Crippen molar-refractivity contribution < 1.29 is 0 Å². The molecule has 0 atom stereocenters. The van der Waals surface area contributed by atoms with Crippen LogP contribution in [0.4, 0.5) is 0 Å². The fraction of sp³-hybridized carbons (Fsp3) is 0.800. The molecule has 0 bridgehead atoms. The number of hydrogen-bond acceptors (Lipinski definition) is 4. The largest absolute Gasteiger partial charge is 0.317 e. The van der Waals surface area contributed by atoms with Crippen LogP contribution in [0.5, 0.6) is 0 Å². The van der Waals surface area contributed by atoms with Gasteiger partial charge < -0.3 is 9.88 Å². The minimum Gasteiger partial charge on any atom is -0.317 e. The molecule has 0 radical (unpaired) electrons. The van der Waals surface area contributed by atoms with Crippen LogP contribution in [-0.2, 0) is 13.1 Å². The molecule has 0 spiro atoms. The summed E-state index contributed by atoms with van der Waals surface area (Å²) in [4.78, 5) is 0. The zero-order valence-electron chi connectivity index (χ0n) is 9.57. The summed E-state index contributed by atoms with van der Waals surface area (Å²) in [5, 5.41) is 11.3. The predicted molar refractivity (Wildman–Crippen MR) is 65.0 cm³/mol. The number of nitrogens with one attached hydrogen (secondary N) is 1. The normalized spacial score (nSPS) is 10.8. The fourth-order valence-corrected chi connectivity index (χ4v) is 1.96. The second-order valence-corrected chi connectivity index (χ2v) is 4.65. The van der Waals surface area contributed by atoms with Gasteiger partial charge >= 0.3 is 0 Å².